The monoisotopic (exact) mass is 534 g/mol. The van der Waals surface area contributed by atoms with Crippen LogP contribution in [-0.2, 0) is 22.7 Å². The number of hydrogen-bond acceptors (Lipinski definition) is 6. The van der Waals surface area contributed by atoms with Crippen LogP contribution in [0.15, 0.2) is 72.1 Å². The van der Waals surface area contributed by atoms with Gasteiger partial charge in [-0.1, -0.05) is 73.0 Å². The second kappa shape index (κ2) is 11.7. The standard InChI is InChI=1S/C27H27ClN6O2S/c28-21-14-12-20(13-15-21)25(27(36)29-17-19-7-2-1-3-8-19)34(22-9-4-5-10-22)24(35)18-33-31-26(30-32-33)23-11-6-16-37-23/h1-3,6-8,11-16,22,25H,4-5,9-10,17-18H2,(H,29,36)/t25-/m0/s1. The molecule has 1 atom stereocenters. The lowest BCUT2D eigenvalue weighted by atomic mass is 10.0. The highest BCUT2D eigenvalue weighted by molar-refractivity contribution is 7.13. The molecule has 1 saturated carbocycles. The predicted molar refractivity (Wildman–Crippen MR) is 143 cm³/mol. The second-order valence-corrected chi connectivity index (χ2v) is 10.4. The van der Waals surface area contributed by atoms with E-state index in [1.807, 2.05) is 60.0 Å². The van der Waals surface area contributed by atoms with E-state index in [2.05, 4.69) is 20.7 Å². The third-order valence-electron chi connectivity index (χ3n) is 6.50. The summed E-state index contributed by atoms with van der Waals surface area (Å²) < 4.78 is 0. The van der Waals surface area contributed by atoms with Crippen molar-refractivity contribution in [1.29, 1.82) is 0 Å². The summed E-state index contributed by atoms with van der Waals surface area (Å²) in [5.41, 5.74) is 1.69. The molecule has 5 rings (SSSR count). The van der Waals surface area contributed by atoms with Crippen molar-refractivity contribution in [3.05, 3.63) is 88.3 Å². The Balaban J connectivity index is 1.43. The lowest BCUT2D eigenvalue weighted by Gasteiger charge is -2.36. The van der Waals surface area contributed by atoms with Gasteiger partial charge in [-0.15, -0.1) is 21.5 Å². The molecule has 0 radical (unpaired) electrons. The maximum absolute atomic E-state index is 13.8. The molecule has 0 spiro atoms. The van der Waals surface area contributed by atoms with Crippen LogP contribution in [-0.4, -0.2) is 43.0 Å². The average molecular weight is 535 g/mol. The van der Waals surface area contributed by atoms with Crippen LogP contribution in [0.25, 0.3) is 10.7 Å². The molecular formula is C27H27ClN6O2S. The average Bonchev–Trinajstić information content (AvgIpc) is 3.70. The van der Waals surface area contributed by atoms with Gasteiger partial charge in [0.05, 0.1) is 4.88 Å². The van der Waals surface area contributed by atoms with Gasteiger partial charge in [-0.3, -0.25) is 9.59 Å². The van der Waals surface area contributed by atoms with Gasteiger partial charge < -0.3 is 10.2 Å². The van der Waals surface area contributed by atoms with Crippen LogP contribution in [0.2, 0.25) is 5.02 Å². The van der Waals surface area contributed by atoms with E-state index < -0.39 is 6.04 Å². The SMILES string of the molecule is O=C(NCc1ccccc1)[C@H](c1ccc(Cl)cc1)N(C(=O)Cn1nnc(-c2cccs2)n1)C1CCCC1. The number of tetrazole rings is 1. The number of hydrogen-bond donors (Lipinski definition) is 1. The smallest absolute Gasteiger partial charge is 0.247 e. The molecule has 2 amide bonds. The summed E-state index contributed by atoms with van der Waals surface area (Å²) in [6.07, 6.45) is 3.70. The molecule has 0 saturated heterocycles. The summed E-state index contributed by atoms with van der Waals surface area (Å²) >= 11 is 7.66. The van der Waals surface area contributed by atoms with Crippen molar-refractivity contribution in [3.63, 3.8) is 0 Å². The molecule has 1 aliphatic rings. The van der Waals surface area contributed by atoms with E-state index in [0.717, 1.165) is 36.1 Å². The zero-order chi connectivity index (χ0) is 25.6. The number of thiophene rings is 1. The fourth-order valence-electron chi connectivity index (χ4n) is 4.72. The van der Waals surface area contributed by atoms with Crippen molar-refractivity contribution in [2.75, 3.05) is 0 Å². The molecule has 2 heterocycles. The normalized spacial score (nSPS) is 14.4. The second-order valence-electron chi connectivity index (χ2n) is 9.02. The minimum absolute atomic E-state index is 0.0593. The zero-order valence-electron chi connectivity index (χ0n) is 20.2. The van der Waals surface area contributed by atoms with Gasteiger partial charge in [-0.25, -0.2) is 0 Å². The molecular weight excluding hydrogens is 508 g/mol. The van der Waals surface area contributed by atoms with Crippen LogP contribution in [0.5, 0.6) is 0 Å². The summed E-state index contributed by atoms with van der Waals surface area (Å²) in [5.74, 6) is 0.0131. The number of nitrogens with zero attached hydrogens (tertiary/aromatic N) is 5. The Labute approximate surface area is 224 Å². The van der Waals surface area contributed by atoms with E-state index in [1.54, 1.807) is 17.0 Å². The van der Waals surface area contributed by atoms with Crippen LogP contribution in [0, 0.1) is 0 Å². The molecule has 1 N–H and O–H groups in total. The Hall–Kier alpha value is -3.56. The Kier molecular flexibility index (Phi) is 7.91. The zero-order valence-corrected chi connectivity index (χ0v) is 21.7. The first kappa shape index (κ1) is 25.1. The van der Waals surface area contributed by atoms with Crippen molar-refractivity contribution in [2.24, 2.45) is 0 Å². The molecule has 4 aromatic rings. The first-order valence-corrected chi connectivity index (χ1v) is 13.5. The summed E-state index contributed by atoms with van der Waals surface area (Å²) in [7, 11) is 0. The van der Waals surface area contributed by atoms with Crippen molar-refractivity contribution in [1.82, 2.24) is 30.4 Å². The van der Waals surface area contributed by atoms with Crippen LogP contribution >= 0.6 is 22.9 Å². The Morgan fingerprint density at radius 2 is 1.81 bits per heavy atom. The van der Waals surface area contributed by atoms with Gasteiger partial charge >= 0.3 is 0 Å². The third kappa shape index (κ3) is 6.06. The number of halogens is 1. The number of rotatable bonds is 9. The highest BCUT2D eigenvalue weighted by Crippen LogP contribution is 2.33. The molecule has 0 aliphatic heterocycles. The molecule has 2 aromatic carbocycles. The molecule has 0 unspecified atom stereocenters. The van der Waals surface area contributed by atoms with Crippen LogP contribution in [0.4, 0.5) is 0 Å². The van der Waals surface area contributed by atoms with E-state index in [0.29, 0.717) is 23.0 Å². The maximum atomic E-state index is 13.8. The highest BCUT2D eigenvalue weighted by atomic mass is 35.5. The summed E-state index contributed by atoms with van der Waals surface area (Å²) in [6, 6.07) is 19.8. The van der Waals surface area contributed by atoms with E-state index in [9.17, 15) is 9.59 Å². The lowest BCUT2D eigenvalue weighted by Crippen LogP contribution is -2.49. The molecule has 2 aromatic heterocycles. The van der Waals surface area contributed by atoms with E-state index >= 15 is 0 Å². The molecule has 10 heteroatoms. The van der Waals surface area contributed by atoms with Gasteiger partial charge in [0.2, 0.25) is 17.6 Å². The fraction of sp³-hybridized carbons (Fsp3) is 0.296. The Bertz CT molecular complexity index is 1320. The first-order chi connectivity index (χ1) is 18.1. The van der Waals surface area contributed by atoms with Crippen LogP contribution in [0.3, 0.4) is 0 Å². The largest absolute Gasteiger partial charge is 0.350 e. The first-order valence-electron chi connectivity index (χ1n) is 12.3. The van der Waals surface area contributed by atoms with Crippen molar-refractivity contribution >= 4 is 34.8 Å². The molecule has 37 heavy (non-hydrogen) atoms. The number of aromatic nitrogens is 4. The molecule has 8 nitrogen and oxygen atoms in total. The Morgan fingerprint density at radius 1 is 1.05 bits per heavy atom. The number of benzene rings is 2. The summed E-state index contributed by atoms with van der Waals surface area (Å²) in [4.78, 5) is 31.5. The number of amides is 2. The van der Waals surface area contributed by atoms with Gasteiger partial charge in [-0.2, -0.15) is 4.80 Å². The van der Waals surface area contributed by atoms with Gasteiger partial charge in [0.1, 0.15) is 12.6 Å². The number of nitrogens with one attached hydrogen (secondary N) is 1. The number of carbonyl (C=O) groups is 2. The van der Waals surface area contributed by atoms with Gasteiger partial charge in [-0.05, 0) is 52.8 Å². The minimum atomic E-state index is -0.808. The van der Waals surface area contributed by atoms with Crippen molar-refractivity contribution in [3.8, 4) is 10.7 Å². The number of carbonyl (C=O) groups excluding carboxylic acids is 2. The Morgan fingerprint density at radius 3 is 2.51 bits per heavy atom. The minimum Gasteiger partial charge on any atom is -0.350 e. The topological polar surface area (TPSA) is 93.0 Å². The third-order valence-corrected chi connectivity index (χ3v) is 7.62. The van der Waals surface area contributed by atoms with Gasteiger partial charge in [0.15, 0.2) is 0 Å². The summed E-state index contributed by atoms with van der Waals surface area (Å²) in [6.45, 7) is 0.260. The van der Waals surface area contributed by atoms with Gasteiger partial charge in [0.25, 0.3) is 0 Å². The van der Waals surface area contributed by atoms with Crippen molar-refractivity contribution in [2.45, 2.75) is 50.9 Å². The van der Waals surface area contributed by atoms with E-state index in [-0.39, 0.29) is 24.4 Å². The quantitative estimate of drug-likeness (QED) is 0.330. The molecule has 1 fully saturated rings. The fourth-order valence-corrected chi connectivity index (χ4v) is 5.50. The predicted octanol–water partition coefficient (Wildman–Crippen LogP) is 4.88. The highest BCUT2D eigenvalue weighted by Gasteiger charge is 2.37. The van der Waals surface area contributed by atoms with Gasteiger partial charge in [0, 0.05) is 17.6 Å². The maximum Gasteiger partial charge on any atom is 0.247 e. The van der Waals surface area contributed by atoms with Crippen molar-refractivity contribution < 1.29 is 9.59 Å². The lowest BCUT2D eigenvalue weighted by molar-refractivity contribution is -0.144. The molecule has 190 valence electrons. The summed E-state index contributed by atoms with van der Waals surface area (Å²) in [5, 5.41) is 18.2. The van der Waals surface area contributed by atoms with E-state index in [4.69, 9.17) is 11.6 Å². The van der Waals surface area contributed by atoms with E-state index in [1.165, 1.54) is 16.1 Å². The van der Waals surface area contributed by atoms with Crippen LogP contribution < -0.4 is 5.32 Å². The molecule has 0 bridgehead atoms. The molecule has 1 aliphatic carbocycles. The van der Waals surface area contributed by atoms with Crippen LogP contribution in [0.1, 0.15) is 42.9 Å².